The van der Waals surface area contributed by atoms with Gasteiger partial charge in [-0.3, -0.25) is 9.69 Å². The number of nitrogens with two attached hydrogens (primary N) is 1. The van der Waals surface area contributed by atoms with Crippen molar-refractivity contribution in [2.24, 2.45) is 5.73 Å². The Morgan fingerprint density at radius 1 is 1.12 bits per heavy atom. The van der Waals surface area contributed by atoms with Crippen molar-refractivity contribution in [2.75, 3.05) is 37.6 Å². The van der Waals surface area contributed by atoms with Gasteiger partial charge in [0.15, 0.2) is 5.76 Å². The molecule has 2 aromatic carbocycles. The molecule has 0 bridgehead atoms. The molecule has 0 radical (unpaired) electrons. The number of nitrogens with one attached hydrogen (secondary N) is 1. The fourth-order valence-corrected chi connectivity index (χ4v) is 4.53. The Kier molecular flexibility index (Phi) is 5.29. The third kappa shape index (κ3) is 3.93. The maximum absolute atomic E-state index is 11.3. The van der Waals surface area contributed by atoms with Crippen LogP contribution in [0.3, 0.4) is 0 Å². The second-order valence-electron chi connectivity index (χ2n) is 8.32. The number of nitrogens with zero attached hydrogens (tertiary/aromatic N) is 3. The van der Waals surface area contributed by atoms with E-state index in [-0.39, 0.29) is 5.76 Å². The zero-order valence-electron chi connectivity index (χ0n) is 17.8. The number of carbonyl (C=O) groups is 1. The number of carbonyl (C=O) groups excluding carboxylic acids is 1. The van der Waals surface area contributed by atoms with Gasteiger partial charge in [-0.05, 0) is 67.4 Å². The van der Waals surface area contributed by atoms with Crippen LogP contribution in [0.15, 0.2) is 53.1 Å². The number of piperazine rings is 1. The third-order valence-corrected chi connectivity index (χ3v) is 6.30. The average Bonchev–Trinajstić information content (AvgIpc) is 3.43. The molecule has 0 spiro atoms. The van der Waals surface area contributed by atoms with Crippen molar-refractivity contribution >= 4 is 33.5 Å². The van der Waals surface area contributed by atoms with Crippen LogP contribution < -0.4 is 10.6 Å². The highest BCUT2D eigenvalue weighted by molar-refractivity contribution is 5.95. The van der Waals surface area contributed by atoms with Gasteiger partial charge < -0.3 is 20.0 Å². The number of hydrogen-bond acceptors (Lipinski definition) is 5. The van der Waals surface area contributed by atoms with E-state index in [1.165, 1.54) is 5.56 Å². The maximum Gasteiger partial charge on any atom is 0.284 e. The number of nitriles is 1. The van der Waals surface area contributed by atoms with Gasteiger partial charge in [-0.1, -0.05) is 0 Å². The second kappa shape index (κ2) is 8.40. The molecule has 1 aliphatic rings. The van der Waals surface area contributed by atoms with Gasteiger partial charge in [-0.15, -0.1) is 0 Å². The fourth-order valence-electron chi connectivity index (χ4n) is 4.53. The van der Waals surface area contributed by atoms with Gasteiger partial charge in [0.05, 0.1) is 11.6 Å². The van der Waals surface area contributed by atoms with E-state index in [0.29, 0.717) is 11.1 Å². The lowest BCUT2D eigenvalue weighted by Gasteiger charge is -2.36. The van der Waals surface area contributed by atoms with Crippen molar-refractivity contribution in [3.05, 3.63) is 65.5 Å². The lowest BCUT2D eigenvalue weighted by atomic mass is 10.1. The summed E-state index contributed by atoms with van der Waals surface area (Å²) >= 11 is 0. The number of furan rings is 1. The zero-order valence-corrected chi connectivity index (χ0v) is 17.8. The molecule has 1 fully saturated rings. The standard InChI is InChI=1S/C25H25N5O2/c26-15-17-3-5-22-21(12-17)18(16-28-22)2-1-7-29-8-10-30(11-9-29)20-4-6-23-19(13-20)14-24(32-23)25(27)31/h3-6,12-14,16,28H,1-2,7-11H2,(H2,27,31). The lowest BCUT2D eigenvalue weighted by molar-refractivity contribution is 0.0976. The monoisotopic (exact) mass is 427 g/mol. The molecule has 1 saturated heterocycles. The van der Waals surface area contributed by atoms with Crippen molar-refractivity contribution in [1.82, 2.24) is 9.88 Å². The van der Waals surface area contributed by atoms with Crippen molar-refractivity contribution in [3.8, 4) is 6.07 Å². The first-order valence-electron chi connectivity index (χ1n) is 10.9. The fraction of sp³-hybridized carbons (Fsp3) is 0.280. The van der Waals surface area contributed by atoms with Gasteiger partial charge in [0.2, 0.25) is 0 Å². The number of benzene rings is 2. The van der Waals surface area contributed by atoms with Crippen LogP contribution in [0.4, 0.5) is 5.69 Å². The molecule has 7 nitrogen and oxygen atoms in total. The van der Waals surface area contributed by atoms with E-state index in [1.807, 2.05) is 30.3 Å². The highest BCUT2D eigenvalue weighted by atomic mass is 16.3. The number of primary amides is 1. The summed E-state index contributed by atoms with van der Waals surface area (Å²) in [5, 5.41) is 11.2. The molecule has 3 N–H and O–H groups in total. The summed E-state index contributed by atoms with van der Waals surface area (Å²) in [6, 6.07) is 15.7. The normalized spacial score (nSPS) is 14.8. The highest BCUT2D eigenvalue weighted by Gasteiger charge is 2.18. The van der Waals surface area contributed by atoms with Crippen LogP contribution in [0.25, 0.3) is 21.9 Å². The number of aromatic nitrogens is 1. The molecule has 2 aromatic heterocycles. The largest absolute Gasteiger partial charge is 0.451 e. The topological polar surface area (TPSA) is 102 Å². The van der Waals surface area contributed by atoms with Crippen LogP contribution in [0.5, 0.6) is 0 Å². The molecule has 162 valence electrons. The molecule has 32 heavy (non-hydrogen) atoms. The highest BCUT2D eigenvalue weighted by Crippen LogP contribution is 2.26. The summed E-state index contributed by atoms with van der Waals surface area (Å²) in [6.07, 6.45) is 4.15. The first kappa shape index (κ1) is 20.2. The van der Waals surface area contributed by atoms with Gasteiger partial charge in [-0.25, -0.2) is 0 Å². The van der Waals surface area contributed by atoms with Crippen molar-refractivity contribution < 1.29 is 9.21 Å². The number of aryl methyl sites for hydroxylation is 1. The number of aromatic amines is 1. The number of rotatable bonds is 6. The Balaban J connectivity index is 1.16. The van der Waals surface area contributed by atoms with E-state index in [2.05, 4.69) is 33.1 Å². The van der Waals surface area contributed by atoms with Crippen LogP contribution in [0.2, 0.25) is 0 Å². The Morgan fingerprint density at radius 2 is 1.97 bits per heavy atom. The van der Waals surface area contributed by atoms with E-state index in [1.54, 1.807) is 6.07 Å². The van der Waals surface area contributed by atoms with E-state index < -0.39 is 5.91 Å². The van der Waals surface area contributed by atoms with E-state index in [0.717, 1.165) is 67.5 Å². The second-order valence-corrected chi connectivity index (χ2v) is 8.32. The summed E-state index contributed by atoms with van der Waals surface area (Å²) in [4.78, 5) is 19.5. The zero-order chi connectivity index (χ0) is 22.1. The van der Waals surface area contributed by atoms with Gasteiger partial charge in [-0.2, -0.15) is 5.26 Å². The number of hydrogen-bond donors (Lipinski definition) is 2. The average molecular weight is 428 g/mol. The molecule has 0 atom stereocenters. The van der Waals surface area contributed by atoms with Crippen LogP contribution in [-0.4, -0.2) is 48.5 Å². The molecule has 5 rings (SSSR count). The Morgan fingerprint density at radius 3 is 2.75 bits per heavy atom. The lowest BCUT2D eigenvalue weighted by Crippen LogP contribution is -2.46. The summed E-state index contributed by atoms with van der Waals surface area (Å²) < 4.78 is 5.48. The summed E-state index contributed by atoms with van der Waals surface area (Å²) in [5.74, 6) is -0.351. The molecular formula is C25H25N5O2. The predicted molar refractivity (Wildman–Crippen MR) is 125 cm³/mol. The molecule has 0 unspecified atom stereocenters. The van der Waals surface area contributed by atoms with Crippen LogP contribution in [-0.2, 0) is 6.42 Å². The Bertz CT molecular complexity index is 1320. The number of anilines is 1. The van der Waals surface area contributed by atoms with Gasteiger partial charge in [0.1, 0.15) is 5.58 Å². The van der Waals surface area contributed by atoms with E-state index in [4.69, 9.17) is 15.4 Å². The van der Waals surface area contributed by atoms with Crippen LogP contribution >= 0.6 is 0 Å². The number of H-pyrrole nitrogens is 1. The van der Waals surface area contributed by atoms with Crippen molar-refractivity contribution in [3.63, 3.8) is 0 Å². The Hall–Kier alpha value is -3.76. The van der Waals surface area contributed by atoms with E-state index in [9.17, 15) is 4.79 Å². The van der Waals surface area contributed by atoms with Crippen LogP contribution in [0.1, 0.15) is 28.1 Å². The minimum absolute atomic E-state index is 0.195. The van der Waals surface area contributed by atoms with Crippen molar-refractivity contribution in [2.45, 2.75) is 12.8 Å². The van der Waals surface area contributed by atoms with Crippen molar-refractivity contribution in [1.29, 1.82) is 5.26 Å². The summed E-state index contributed by atoms with van der Waals surface area (Å²) in [6.45, 7) is 5.02. The van der Waals surface area contributed by atoms with Gasteiger partial charge in [0.25, 0.3) is 5.91 Å². The predicted octanol–water partition coefficient (Wildman–Crippen LogP) is 3.64. The number of fused-ring (bicyclic) bond motifs is 2. The first-order valence-corrected chi connectivity index (χ1v) is 10.9. The molecule has 7 heteroatoms. The summed E-state index contributed by atoms with van der Waals surface area (Å²) in [5.41, 5.74) is 10.2. The minimum atomic E-state index is -0.547. The van der Waals surface area contributed by atoms with Crippen LogP contribution in [0, 0.1) is 11.3 Å². The first-order chi connectivity index (χ1) is 15.6. The maximum atomic E-state index is 11.3. The minimum Gasteiger partial charge on any atom is -0.451 e. The molecule has 1 aliphatic heterocycles. The van der Waals surface area contributed by atoms with Gasteiger partial charge in [0, 0.05) is 54.4 Å². The quantitative estimate of drug-likeness (QED) is 0.489. The molecular weight excluding hydrogens is 402 g/mol. The van der Waals surface area contributed by atoms with E-state index >= 15 is 0 Å². The third-order valence-electron chi connectivity index (χ3n) is 6.30. The molecule has 0 aliphatic carbocycles. The molecule has 0 saturated carbocycles. The number of amides is 1. The summed E-state index contributed by atoms with van der Waals surface area (Å²) in [7, 11) is 0. The molecule has 3 heterocycles. The molecule has 4 aromatic rings. The molecule has 1 amide bonds. The smallest absolute Gasteiger partial charge is 0.284 e. The Labute approximate surface area is 186 Å². The SMILES string of the molecule is N#Cc1ccc2[nH]cc(CCCN3CCN(c4ccc5oc(C(N)=O)cc5c4)CC3)c2c1. The van der Waals surface area contributed by atoms with Gasteiger partial charge >= 0.3 is 0 Å².